The van der Waals surface area contributed by atoms with Crippen LogP contribution in [0.1, 0.15) is 6.92 Å². The molecule has 0 aromatic rings. The number of hydrogen-bond donors (Lipinski definition) is 1. The molecule has 0 aliphatic carbocycles. The zero-order valence-electron chi connectivity index (χ0n) is 5.55. The van der Waals surface area contributed by atoms with Gasteiger partial charge in [0, 0.05) is 14.0 Å². The lowest BCUT2D eigenvalue weighted by molar-refractivity contribution is -0.134. The fourth-order valence-electron chi connectivity index (χ4n) is 0.0833. The van der Waals surface area contributed by atoms with Crippen molar-refractivity contribution in [1.29, 1.82) is 0 Å². The van der Waals surface area contributed by atoms with Gasteiger partial charge in [-0.3, -0.25) is 4.79 Å². The van der Waals surface area contributed by atoms with Crippen molar-refractivity contribution in [3.63, 3.8) is 0 Å². The maximum absolute atomic E-state index is 9.00. The Morgan fingerprint density at radius 3 is 2.22 bits per heavy atom. The van der Waals surface area contributed by atoms with Gasteiger partial charge in [0.2, 0.25) is 0 Å². The molecule has 52 valence electrons. The number of aliphatic carboxylic acids is 1. The molecule has 0 saturated carbocycles. The monoisotopic (exact) mass is 130 g/mol. The van der Waals surface area contributed by atoms with E-state index in [0.717, 1.165) is 6.92 Å². The van der Waals surface area contributed by atoms with Gasteiger partial charge in [-0.25, -0.2) is 0 Å². The van der Waals surface area contributed by atoms with E-state index >= 15 is 0 Å². The van der Waals surface area contributed by atoms with Gasteiger partial charge < -0.3 is 9.84 Å². The molecule has 3 heteroatoms. The molecule has 0 aromatic carbocycles. The summed E-state index contributed by atoms with van der Waals surface area (Å²) in [7, 11) is 1.57. The molecule has 9 heavy (non-hydrogen) atoms. The lowest BCUT2D eigenvalue weighted by Gasteiger charge is -1.76. The normalized spacial score (nSPS) is 6.33. The standard InChI is InChI=1S/C4H6O.C2H4O2/c1-3-4-5-2;1-2(3)4/h1H,4H2,2H3;1H3,(H,3,4). The minimum atomic E-state index is -0.833. The third-order valence-electron chi connectivity index (χ3n) is 0.228. The van der Waals surface area contributed by atoms with E-state index < -0.39 is 5.97 Å². The molecule has 3 nitrogen and oxygen atoms in total. The van der Waals surface area contributed by atoms with Crippen LogP contribution in [-0.4, -0.2) is 24.8 Å². The Kier molecular flexibility index (Phi) is 12.2. The molecule has 0 bridgehead atoms. The van der Waals surface area contributed by atoms with Crippen molar-refractivity contribution < 1.29 is 14.6 Å². The van der Waals surface area contributed by atoms with E-state index in [1.165, 1.54) is 0 Å². The van der Waals surface area contributed by atoms with Crippen LogP contribution in [0.5, 0.6) is 0 Å². The highest BCUT2D eigenvalue weighted by Crippen LogP contribution is 1.53. The number of methoxy groups -OCH3 is 1. The summed E-state index contributed by atoms with van der Waals surface area (Å²) in [6, 6.07) is 0. The Morgan fingerprint density at radius 2 is 2.22 bits per heavy atom. The zero-order valence-corrected chi connectivity index (χ0v) is 5.55. The Bertz CT molecular complexity index is 97.4. The molecule has 0 unspecified atom stereocenters. The molecule has 0 aliphatic rings. The summed E-state index contributed by atoms with van der Waals surface area (Å²) in [5, 5.41) is 7.42. The molecule has 0 aliphatic heterocycles. The van der Waals surface area contributed by atoms with E-state index in [2.05, 4.69) is 10.7 Å². The summed E-state index contributed by atoms with van der Waals surface area (Å²) in [5.41, 5.74) is 0. The molecule has 0 saturated heterocycles. The van der Waals surface area contributed by atoms with Crippen LogP contribution in [0, 0.1) is 12.3 Å². The van der Waals surface area contributed by atoms with E-state index in [0.29, 0.717) is 6.61 Å². The van der Waals surface area contributed by atoms with Gasteiger partial charge in [-0.1, -0.05) is 5.92 Å². The molecule has 0 atom stereocenters. The predicted octanol–water partition coefficient (Wildman–Crippen LogP) is 0.357. The van der Waals surface area contributed by atoms with Crippen LogP contribution in [-0.2, 0) is 9.53 Å². The zero-order chi connectivity index (χ0) is 7.70. The maximum atomic E-state index is 9.00. The molecule has 0 radical (unpaired) electrons. The number of carboxylic acids is 1. The fourth-order valence-corrected chi connectivity index (χ4v) is 0.0833. The van der Waals surface area contributed by atoms with Crippen molar-refractivity contribution in [2.75, 3.05) is 13.7 Å². The summed E-state index contributed by atoms with van der Waals surface area (Å²) in [6.07, 6.45) is 4.76. The maximum Gasteiger partial charge on any atom is 0.300 e. The number of rotatable bonds is 1. The molecule has 0 aromatic heterocycles. The number of ether oxygens (including phenoxy) is 1. The van der Waals surface area contributed by atoms with Crippen LogP contribution in [0.25, 0.3) is 0 Å². The van der Waals surface area contributed by atoms with Crippen LogP contribution in [0.3, 0.4) is 0 Å². The van der Waals surface area contributed by atoms with Gasteiger partial charge in [-0.05, 0) is 0 Å². The minimum Gasteiger partial charge on any atom is -0.481 e. The molecular weight excluding hydrogens is 120 g/mol. The molecular formula is C6H10O3. The number of hydrogen-bond acceptors (Lipinski definition) is 2. The van der Waals surface area contributed by atoms with Crippen molar-refractivity contribution in [2.45, 2.75) is 6.92 Å². The van der Waals surface area contributed by atoms with Crippen molar-refractivity contribution >= 4 is 5.97 Å². The molecule has 0 fully saturated rings. The van der Waals surface area contributed by atoms with Gasteiger partial charge >= 0.3 is 0 Å². The van der Waals surface area contributed by atoms with Gasteiger partial charge in [0.25, 0.3) is 5.97 Å². The lowest BCUT2D eigenvalue weighted by Crippen LogP contribution is -1.78. The van der Waals surface area contributed by atoms with Crippen LogP contribution in [0.4, 0.5) is 0 Å². The second-order valence-corrected chi connectivity index (χ2v) is 1.16. The Morgan fingerprint density at radius 1 is 1.89 bits per heavy atom. The van der Waals surface area contributed by atoms with Gasteiger partial charge in [0.15, 0.2) is 0 Å². The first-order valence-electron chi connectivity index (χ1n) is 2.27. The Hall–Kier alpha value is -1.01. The van der Waals surface area contributed by atoms with Crippen LogP contribution < -0.4 is 0 Å². The Labute approximate surface area is 54.6 Å². The highest BCUT2D eigenvalue weighted by atomic mass is 16.5. The summed E-state index contributed by atoms with van der Waals surface area (Å²) >= 11 is 0. The van der Waals surface area contributed by atoms with Gasteiger partial charge in [-0.15, -0.1) is 6.42 Å². The minimum absolute atomic E-state index is 0.417. The van der Waals surface area contributed by atoms with Crippen LogP contribution in [0.15, 0.2) is 0 Å². The van der Waals surface area contributed by atoms with Gasteiger partial charge in [0.1, 0.15) is 6.61 Å². The van der Waals surface area contributed by atoms with E-state index in [1.807, 2.05) is 0 Å². The van der Waals surface area contributed by atoms with Crippen molar-refractivity contribution in [3.8, 4) is 12.3 Å². The summed E-state index contributed by atoms with van der Waals surface area (Å²) in [6.45, 7) is 1.50. The average Bonchev–Trinajstić information content (AvgIpc) is 1.66. The number of carboxylic acid groups (broad SMARTS) is 1. The van der Waals surface area contributed by atoms with Crippen molar-refractivity contribution in [3.05, 3.63) is 0 Å². The molecule has 0 rings (SSSR count). The first-order chi connectivity index (χ1) is 4.15. The summed E-state index contributed by atoms with van der Waals surface area (Å²) in [5.74, 6) is 1.46. The fraction of sp³-hybridized carbons (Fsp3) is 0.500. The highest BCUT2D eigenvalue weighted by molar-refractivity contribution is 5.62. The van der Waals surface area contributed by atoms with Gasteiger partial charge in [0.05, 0.1) is 0 Å². The first kappa shape index (κ1) is 10.9. The lowest BCUT2D eigenvalue weighted by atomic mass is 10.8. The average molecular weight is 130 g/mol. The van der Waals surface area contributed by atoms with Gasteiger partial charge in [-0.2, -0.15) is 0 Å². The predicted molar refractivity (Wildman–Crippen MR) is 34.0 cm³/mol. The molecule has 0 heterocycles. The summed E-state index contributed by atoms with van der Waals surface area (Å²) < 4.78 is 4.45. The molecule has 0 spiro atoms. The first-order valence-corrected chi connectivity index (χ1v) is 2.27. The third-order valence-corrected chi connectivity index (χ3v) is 0.228. The number of terminal acetylenes is 1. The third kappa shape index (κ3) is 178. The van der Waals surface area contributed by atoms with E-state index in [-0.39, 0.29) is 0 Å². The second kappa shape index (κ2) is 10.1. The molecule has 1 N–H and O–H groups in total. The van der Waals surface area contributed by atoms with E-state index in [1.54, 1.807) is 7.11 Å². The van der Waals surface area contributed by atoms with Crippen LogP contribution >= 0.6 is 0 Å². The van der Waals surface area contributed by atoms with E-state index in [4.69, 9.17) is 16.3 Å². The van der Waals surface area contributed by atoms with Crippen molar-refractivity contribution in [1.82, 2.24) is 0 Å². The number of carbonyl (C=O) groups is 1. The topological polar surface area (TPSA) is 46.5 Å². The second-order valence-electron chi connectivity index (χ2n) is 1.16. The SMILES string of the molecule is C#CCOC.CC(=O)O. The Balaban J connectivity index is 0. The quantitative estimate of drug-likeness (QED) is 0.521. The van der Waals surface area contributed by atoms with Crippen LogP contribution in [0.2, 0.25) is 0 Å². The largest absolute Gasteiger partial charge is 0.481 e. The van der Waals surface area contributed by atoms with E-state index in [9.17, 15) is 0 Å². The highest BCUT2D eigenvalue weighted by Gasteiger charge is 1.65. The summed E-state index contributed by atoms with van der Waals surface area (Å²) in [4.78, 5) is 9.00. The van der Waals surface area contributed by atoms with Crippen molar-refractivity contribution in [2.24, 2.45) is 0 Å². The molecule has 0 amide bonds. The smallest absolute Gasteiger partial charge is 0.300 e.